The van der Waals surface area contributed by atoms with E-state index in [1.807, 2.05) is 6.92 Å². The van der Waals surface area contributed by atoms with Crippen LogP contribution in [0.15, 0.2) is 24.3 Å². The molecule has 3 unspecified atom stereocenters. The number of fused-ring (bicyclic) bond motifs is 2. The standard InChI is InChI=1S/C21H31N3O9/c1-2-3-8-32-20(29)14(15-16(26)21(30)10-33-19(17(21)27)24(15)31)23-18(28)13(22)9-11-4-6-12(25)7-5-11/h4-7,13-17,19,25-27,30-31H,2-3,8-10,22H2,1H3,(H,23,28)/t13-,14?,15?,16-,17+,19?,21+/m0/s1. The third-order valence-corrected chi connectivity index (χ3v) is 6.03. The summed E-state index contributed by atoms with van der Waals surface area (Å²) in [5, 5.41) is 54.4. The highest BCUT2D eigenvalue weighted by molar-refractivity contribution is 5.88. The van der Waals surface area contributed by atoms with Crippen molar-refractivity contribution in [2.24, 2.45) is 5.73 Å². The summed E-state index contributed by atoms with van der Waals surface area (Å²) in [6.45, 7) is 1.45. The number of nitrogens with one attached hydrogen (secondary N) is 1. The molecule has 0 aliphatic carbocycles. The highest BCUT2D eigenvalue weighted by Gasteiger charge is 2.65. The molecule has 1 aromatic rings. The third kappa shape index (κ3) is 5.11. The van der Waals surface area contributed by atoms with E-state index >= 15 is 0 Å². The van der Waals surface area contributed by atoms with E-state index in [1.165, 1.54) is 12.1 Å². The Balaban J connectivity index is 1.80. The first-order chi connectivity index (χ1) is 15.6. The van der Waals surface area contributed by atoms with Crippen LogP contribution < -0.4 is 11.1 Å². The summed E-state index contributed by atoms with van der Waals surface area (Å²) in [6, 6.07) is 1.74. The van der Waals surface area contributed by atoms with Crippen molar-refractivity contribution in [2.45, 2.75) is 68.3 Å². The lowest BCUT2D eigenvalue weighted by Gasteiger charge is -2.46. The lowest BCUT2D eigenvalue weighted by Crippen LogP contribution is -2.74. The number of aliphatic hydroxyl groups is 3. The molecular weight excluding hydrogens is 438 g/mol. The number of benzene rings is 1. The number of phenolic OH excluding ortho intramolecular Hbond substituents is 1. The smallest absolute Gasteiger partial charge is 0.330 e. The average molecular weight is 469 g/mol. The van der Waals surface area contributed by atoms with Crippen LogP contribution in [0.4, 0.5) is 0 Å². The largest absolute Gasteiger partial charge is 0.508 e. The van der Waals surface area contributed by atoms with Gasteiger partial charge in [0.05, 0.1) is 25.3 Å². The minimum Gasteiger partial charge on any atom is -0.508 e. The first-order valence-electron chi connectivity index (χ1n) is 10.8. The Morgan fingerprint density at radius 1 is 1.30 bits per heavy atom. The molecule has 8 N–H and O–H groups in total. The lowest BCUT2D eigenvalue weighted by molar-refractivity contribution is -0.298. The normalized spacial score (nSPS) is 31.1. The molecule has 2 aliphatic heterocycles. The number of aliphatic hydroxyl groups excluding tert-OH is 2. The molecule has 0 saturated carbocycles. The summed E-state index contributed by atoms with van der Waals surface area (Å²) in [5.74, 6) is -1.67. The van der Waals surface area contributed by atoms with Crippen molar-refractivity contribution in [1.29, 1.82) is 0 Å². The Hall–Kier alpha value is -2.32. The number of carbonyl (C=O) groups excluding carboxylic acids is 2. The second-order valence-corrected chi connectivity index (χ2v) is 8.44. The minimum atomic E-state index is -2.16. The second kappa shape index (κ2) is 10.3. The monoisotopic (exact) mass is 469 g/mol. The molecule has 2 bridgehead atoms. The molecule has 3 rings (SSSR count). The van der Waals surface area contributed by atoms with Crippen LogP contribution >= 0.6 is 0 Å². The molecule has 12 heteroatoms. The Kier molecular flexibility index (Phi) is 7.90. The maximum atomic E-state index is 12.8. The molecule has 33 heavy (non-hydrogen) atoms. The van der Waals surface area contributed by atoms with Crippen molar-refractivity contribution in [1.82, 2.24) is 10.4 Å². The summed E-state index contributed by atoms with van der Waals surface area (Å²) in [5.41, 5.74) is 4.49. The molecule has 7 atom stereocenters. The number of carbonyl (C=O) groups is 2. The number of ether oxygens (including phenoxy) is 2. The zero-order valence-corrected chi connectivity index (χ0v) is 18.2. The van der Waals surface area contributed by atoms with Gasteiger partial charge in [-0.1, -0.05) is 25.5 Å². The fourth-order valence-electron chi connectivity index (χ4n) is 4.00. The van der Waals surface area contributed by atoms with Gasteiger partial charge in [-0.3, -0.25) is 4.79 Å². The summed E-state index contributed by atoms with van der Waals surface area (Å²) >= 11 is 0. The number of hydrogen-bond donors (Lipinski definition) is 7. The van der Waals surface area contributed by atoms with Crippen LogP contribution in [0, 0.1) is 0 Å². The third-order valence-electron chi connectivity index (χ3n) is 6.03. The SMILES string of the molecule is CCCCOC(=O)C(NC(=O)[C@@H](N)Cc1ccc(O)cc1)C1[C@H](O)[C@]2(O)COC([C@H]2O)N1O. The lowest BCUT2D eigenvalue weighted by atomic mass is 9.80. The maximum absolute atomic E-state index is 12.8. The maximum Gasteiger partial charge on any atom is 0.330 e. The Labute approximate surface area is 190 Å². The van der Waals surface area contributed by atoms with E-state index in [-0.39, 0.29) is 18.8 Å². The van der Waals surface area contributed by atoms with E-state index in [9.17, 15) is 35.2 Å². The van der Waals surface area contributed by atoms with Crippen molar-refractivity contribution >= 4 is 11.9 Å². The number of nitrogens with zero attached hydrogens (tertiary/aromatic N) is 1. The predicted octanol–water partition coefficient (Wildman–Crippen LogP) is -2.03. The quantitative estimate of drug-likeness (QED) is 0.156. The van der Waals surface area contributed by atoms with E-state index in [1.54, 1.807) is 12.1 Å². The predicted molar refractivity (Wildman–Crippen MR) is 112 cm³/mol. The van der Waals surface area contributed by atoms with E-state index in [4.69, 9.17) is 15.2 Å². The fraction of sp³-hybridized carbons (Fsp3) is 0.619. The number of rotatable bonds is 9. The zero-order chi connectivity index (χ0) is 24.3. The zero-order valence-electron chi connectivity index (χ0n) is 18.2. The Morgan fingerprint density at radius 3 is 2.61 bits per heavy atom. The van der Waals surface area contributed by atoms with Crippen LogP contribution in [0.1, 0.15) is 25.3 Å². The number of hydrogen-bond acceptors (Lipinski definition) is 11. The molecule has 2 saturated heterocycles. The number of esters is 1. The van der Waals surface area contributed by atoms with Crippen molar-refractivity contribution in [3.63, 3.8) is 0 Å². The van der Waals surface area contributed by atoms with E-state index in [0.29, 0.717) is 17.0 Å². The molecule has 184 valence electrons. The van der Waals surface area contributed by atoms with E-state index in [2.05, 4.69) is 5.32 Å². The second-order valence-electron chi connectivity index (χ2n) is 8.44. The molecule has 2 aliphatic rings. The van der Waals surface area contributed by atoms with Crippen LogP contribution in [-0.2, 0) is 25.5 Å². The van der Waals surface area contributed by atoms with Gasteiger partial charge in [-0.25, -0.2) is 4.79 Å². The van der Waals surface area contributed by atoms with Gasteiger partial charge < -0.3 is 46.2 Å². The van der Waals surface area contributed by atoms with Gasteiger partial charge in [-0.05, 0) is 30.5 Å². The van der Waals surface area contributed by atoms with Crippen molar-refractivity contribution in [3.8, 4) is 5.75 Å². The summed E-state index contributed by atoms with van der Waals surface area (Å²) in [7, 11) is 0. The van der Waals surface area contributed by atoms with Crippen LogP contribution in [0.3, 0.4) is 0 Å². The Morgan fingerprint density at radius 2 is 1.97 bits per heavy atom. The van der Waals surface area contributed by atoms with Crippen molar-refractivity contribution in [3.05, 3.63) is 29.8 Å². The molecule has 2 fully saturated rings. The molecule has 1 aromatic carbocycles. The van der Waals surface area contributed by atoms with Crippen LogP contribution in [-0.4, -0.2) is 97.9 Å². The molecule has 12 nitrogen and oxygen atoms in total. The molecule has 0 spiro atoms. The van der Waals surface area contributed by atoms with Gasteiger partial charge in [0.15, 0.2) is 6.23 Å². The minimum absolute atomic E-state index is 0.0440. The summed E-state index contributed by atoms with van der Waals surface area (Å²) in [6.07, 6.45) is -3.56. The van der Waals surface area contributed by atoms with Crippen LogP contribution in [0.5, 0.6) is 5.75 Å². The molecule has 1 amide bonds. The molecule has 2 heterocycles. The summed E-state index contributed by atoms with van der Waals surface area (Å²) in [4.78, 5) is 25.7. The van der Waals surface area contributed by atoms with Gasteiger partial charge in [0, 0.05) is 0 Å². The van der Waals surface area contributed by atoms with E-state index < -0.39 is 60.6 Å². The van der Waals surface area contributed by atoms with Crippen molar-refractivity contribution < 1.29 is 44.7 Å². The first-order valence-corrected chi connectivity index (χ1v) is 10.8. The Bertz CT molecular complexity index is 839. The highest BCUT2D eigenvalue weighted by atomic mass is 16.6. The van der Waals surface area contributed by atoms with Crippen molar-refractivity contribution in [2.75, 3.05) is 13.2 Å². The van der Waals surface area contributed by atoms with Crippen LogP contribution in [0.2, 0.25) is 0 Å². The topological polar surface area (TPSA) is 195 Å². The fourth-order valence-corrected chi connectivity index (χ4v) is 4.00. The van der Waals surface area contributed by atoms with Crippen LogP contribution in [0.25, 0.3) is 0 Å². The summed E-state index contributed by atoms with van der Waals surface area (Å²) < 4.78 is 10.4. The van der Waals surface area contributed by atoms with Gasteiger partial charge in [0.25, 0.3) is 0 Å². The molecule has 0 radical (unpaired) electrons. The number of nitrogens with two attached hydrogens (primary N) is 1. The van der Waals surface area contributed by atoms with Gasteiger partial charge in [-0.2, -0.15) is 5.06 Å². The van der Waals surface area contributed by atoms with Gasteiger partial charge in [-0.15, -0.1) is 0 Å². The number of phenols is 1. The first kappa shape index (κ1) is 25.3. The highest BCUT2D eigenvalue weighted by Crippen LogP contribution is 2.39. The number of piperidine rings is 1. The van der Waals surface area contributed by atoms with E-state index in [0.717, 1.165) is 6.42 Å². The number of amides is 1. The van der Waals surface area contributed by atoms with Gasteiger partial charge in [0.1, 0.15) is 29.6 Å². The van der Waals surface area contributed by atoms with Gasteiger partial charge in [0.2, 0.25) is 5.91 Å². The average Bonchev–Trinajstić information content (AvgIpc) is 3.04. The molecular formula is C21H31N3O9. The number of unbranched alkanes of at least 4 members (excludes halogenated alkanes) is 1. The molecule has 0 aromatic heterocycles. The number of hydroxylamine groups is 2. The number of aromatic hydroxyl groups is 1. The van der Waals surface area contributed by atoms with Gasteiger partial charge >= 0.3 is 5.97 Å².